The number of unbranched alkanes of at least 4 members (excludes halogenated alkanes) is 2. The molecule has 4 nitrogen and oxygen atoms in total. The summed E-state index contributed by atoms with van der Waals surface area (Å²) in [6.07, 6.45) is 7.56. The van der Waals surface area contributed by atoms with Crippen LogP contribution < -0.4 is 0 Å². The highest BCUT2D eigenvalue weighted by Gasteiger charge is 2.01. The fraction of sp³-hybridized carbons (Fsp3) is 0.667. The lowest BCUT2D eigenvalue weighted by Gasteiger charge is -2.01. The molecule has 0 bridgehead atoms. The van der Waals surface area contributed by atoms with Gasteiger partial charge in [0.2, 0.25) is 0 Å². The summed E-state index contributed by atoms with van der Waals surface area (Å²) in [5.41, 5.74) is 0. The maximum atomic E-state index is 11.1. The number of rotatable bonds is 8. The van der Waals surface area contributed by atoms with Gasteiger partial charge in [-0.1, -0.05) is 6.42 Å². The van der Waals surface area contributed by atoms with E-state index in [1.165, 1.54) is 4.90 Å². The molecule has 0 radical (unpaired) electrons. The van der Waals surface area contributed by atoms with Crippen LogP contribution in [0.5, 0.6) is 0 Å². The molecule has 1 aromatic rings. The zero-order chi connectivity index (χ0) is 12.5. The van der Waals surface area contributed by atoms with Crippen LogP contribution >= 0.6 is 11.8 Å². The van der Waals surface area contributed by atoms with Crippen LogP contribution in [0, 0.1) is 0 Å². The normalized spacial score (nSPS) is 10.5. The van der Waals surface area contributed by atoms with Crippen LogP contribution in [0.1, 0.15) is 32.6 Å². The number of thioether (sulfide) groups is 1. The molecule has 1 aromatic heterocycles. The predicted molar refractivity (Wildman–Crippen MR) is 69.0 cm³/mol. The van der Waals surface area contributed by atoms with E-state index in [0.29, 0.717) is 13.0 Å². The van der Waals surface area contributed by atoms with Gasteiger partial charge in [0, 0.05) is 24.6 Å². The lowest BCUT2D eigenvalue weighted by Crippen LogP contribution is -2.03. The van der Waals surface area contributed by atoms with Crippen molar-refractivity contribution in [2.45, 2.75) is 37.5 Å². The molecule has 96 valence electrons. The van der Waals surface area contributed by atoms with Gasteiger partial charge < -0.3 is 4.74 Å². The number of hydrogen-bond donors (Lipinski definition) is 0. The van der Waals surface area contributed by atoms with Crippen LogP contribution in [0.3, 0.4) is 0 Å². The summed E-state index contributed by atoms with van der Waals surface area (Å²) in [5.74, 6) is 1.00. The van der Waals surface area contributed by atoms with Gasteiger partial charge in [-0.2, -0.15) is 5.10 Å². The molecule has 1 heterocycles. The van der Waals surface area contributed by atoms with Crippen molar-refractivity contribution in [3.8, 4) is 0 Å². The summed E-state index contributed by atoms with van der Waals surface area (Å²) in [6, 6.07) is 0. The van der Waals surface area contributed by atoms with Gasteiger partial charge in [-0.3, -0.25) is 9.48 Å². The lowest BCUT2D eigenvalue weighted by atomic mass is 10.2. The molecule has 0 fully saturated rings. The fourth-order valence-electron chi connectivity index (χ4n) is 1.44. The number of nitrogens with zero attached hydrogens (tertiary/aromatic N) is 2. The Morgan fingerprint density at radius 1 is 1.47 bits per heavy atom. The topological polar surface area (TPSA) is 44.1 Å². The summed E-state index contributed by atoms with van der Waals surface area (Å²) in [5, 5.41) is 4.11. The summed E-state index contributed by atoms with van der Waals surface area (Å²) in [7, 11) is 1.92. The van der Waals surface area contributed by atoms with E-state index in [-0.39, 0.29) is 5.97 Å². The summed E-state index contributed by atoms with van der Waals surface area (Å²) < 4.78 is 6.67. The Bertz CT molecular complexity index is 339. The first-order chi connectivity index (χ1) is 8.22. The van der Waals surface area contributed by atoms with Crippen molar-refractivity contribution in [2.24, 2.45) is 7.05 Å². The minimum absolute atomic E-state index is 0.0765. The molecule has 0 aliphatic carbocycles. The van der Waals surface area contributed by atoms with Crippen molar-refractivity contribution >= 4 is 17.7 Å². The van der Waals surface area contributed by atoms with E-state index in [2.05, 4.69) is 5.10 Å². The first kappa shape index (κ1) is 14.1. The molecule has 0 saturated heterocycles. The molecule has 0 atom stereocenters. The maximum absolute atomic E-state index is 11.1. The van der Waals surface area contributed by atoms with Gasteiger partial charge in [0.05, 0.1) is 12.8 Å². The SMILES string of the molecule is CCOC(=O)CCCCCSc1cnn(C)c1. The molecule has 0 aliphatic rings. The molecule has 17 heavy (non-hydrogen) atoms. The van der Waals surface area contributed by atoms with E-state index in [1.807, 2.05) is 42.8 Å². The van der Waals surface area contributed by atoms with Gasteiger partial charge in [0.25, 0.3) is 0 Å². The van der Waals surface area contributed by atoms with Crippen LogP contribution in [-0.4, -0.2) is 28.1 Å². The van der Waals surface area contributed by atoms with E-state index in [1.54, 1.807) is 0 Å². The van der Waals surface area contributed by atoms with E-state index < -0.39 is 0 Å². The lowest BCUT2D eigenvalue weighted by molar-refractivity contribution is -0.143. The van der Waals surface area contributed by atoms with Crippen LogP contribution in [0.2, 0.25) is 0 Å². The standard InChI is InChI=1S/C12H20N2O2S/c1-3-16-12(15)7-5-4-6-8-17-11-9-13-14(2)10-11/h9-10H,3-8H2,1-2H3. The third-order valence-corrected chi connectivity index (χ3v) is 3.32. The van der Waals surface area contributed by atoms with Gasteiger partial charge in [-0.25, -0.2) is 0 Å². The van der Waals surface area contributed by atoms with Crippen LogP contribution in [0.25, 0.3) is 0 Å². The average Bonchev–Trinajstić information content (AvgIpc) is 2.70. The second-order valence-corrected chi connectivity index (χ2v) is 4.98. The maximum Gasteiger partial charge on any atom is 0.305 e. The Morgan fingerprint density at radius 3 is 2.94 bits per heavy atom. The van der Waals surface area contributed by atoms with Gasteiger partial charge in [-0.15, -0.1) is 11.8 Å². The minimum Gasteiger partial charge on any atom is -0.466 e. The van der Waals surface area contributed by atoms with Crippen molar-refractivity contribution in [1.82, 2.24) is 9.78 Å². The molecule has 0 N–H and O–H groups in total. The van der Waals surface area contributed by atoms with Crippen molar-refractivity contribution in [3.05, 3.63) is 12.4 Å². The highest BCUT2D eigenvalue weighted by molar-refractivity contribution is 7.99. The monoisotopic (exact) mass is 256 g/mol. The molecule has 5 heteroatoms. The fourth-order valence-corrected chi connectivity index (χ4v) is 2.38. The number of carbonyl (C=O) groups excluding carboxylic acids is 1. The van der Waals surface area contributed by atoms with E-state index in [0.717, 1.165) is 25.0 Å². The smallest absolute Gasteiger partial charge is 0.305 e. The van der Waals surface area contributed by atoms with Crippen LogP contribution in [0.15, 0.2) is 17.3 Å². The van der Waals surface area contributed by atoms with Crippen molar-refractivity contribution in [3.63, 3.8) is 0 Å². The van der Waals surface area contributed by atoms with Crippen molar-refractivity contribution < 1.29 is 9.53 Å². The Balaban J connectivity index is 1.96. The van der Waals surface area contributed by atoms with Gasteiger partial charge in [-0.05, 0) is 25.5 Å². The highest BCUT2D eigenvalue weighted by atomic mass is 32.2. The number of carbonyl (C=O) groups is 1. The Morgan fingerprint density at radius 2 is 2.29 bits per heavy atom. The molecule has 0 unspecified atom stereocenters. The minimum atomic E-state index is -0.0765. The van der Waals surface area contributed by atoms with Crippen molar-refractivity contribution in [2.75, 3.05) is 12.4 Å². The molecular formula is C12H20N2O2S. The highest BCUT2D eigenvalue weighted by Crippen LogP contribution is 2.18. The Labute approximate surface area is 107 Å². The number of aryl methyl sites for hydroxylation is 1. The molecule has 0 aromatic carbocycles. The molecule has 0 aliphatic heterocycles. The molecular weight excluding hydrogens is 236 g/mol. The average molecular weight is 256 g/mol. The largest absolute Gasteiger partial charge is 0.466 e. The van der Waals surface area contributed by atoms with E-state index in [9.17, 15) is 4.79 Å². The number of hydrogen-bond acceptors (Lipinski definition) is 4. The molecule has 0 spiro atoms. The van der Waals surface area contributed by atoms with Crippen LogP contribution in [-0.2, 0) is 16.6 Å². The summed E-state index contributed by atoms with van der Waals surface area (Å²) in [4.78, 5) is 12.3. The predicted octanol–water partition coefficient (Wildman–Crippen LogP) is 2.64. The zero-order valence-electron chi connectivity index (χ0n) is 10.5. The summed E-state index contributed by atoms with van der Waals surface area (Å²) in [6.45, 7) is 2.32. The number of aromatic nitrogens is 2. The Kier molecular flexibility index (Phi) is 6.77. The van der Waals surface area contributed by atoms with Gasteiger partial charge in [0.1, 0.15) is 0 Å². The second kappa shape index (κ2) is 8.17. The van der Waals surface area contributed by atoms with E-state index >= 15 is 0 Å². The number of esters is 1. The van der Waals surface area contributed by atoms with Gasteiger partial charge in [0.15, 0.2) is 0 Å². The first-order valence-electron chi connectivity index (χ1n) is 5.99. The third-order valence-electron chi connectivity index (χ3n) is 2.28. The van der Waals surface area contributed by atoms with Crippen LogP contribution in [0.4, 0.5) is 0 Å². The number of ether oxygens (including phenoxy) is 1. The third kappa shape index (κ3) is 6.36. The van der Waals surface area contributed by atoms with Gasteiger partial charge >= 0.3 is 5.97 Å². The molecule has 0 amide bonds. The van der Waals surface area contributed by atoms with Crippen molar-refractivity contribution in [1.29, 1.82) is 0 Å². The second-order valence-electron chi connectivity index (χ2n) is 3.81. The van der Waals surface area contributed by atoms with E-state index in [4.69, 9.17) is 4.74 Å². The Hall–Kier alpha value is -0.970. The zero-order valence-corrected chi connectivity index (χ0v) is 11.3. The first-order valence-corrected chi connectivity index (χ1v) is 6.98. The molecule has 1 rings (SSSR count). The summed E-state index contributed by atoms with van der Waals surface area (Å²) >= 11 is 1.81. The molecule has 0 saturated carbocycles. The quantitative estimate of drug-likeness (QED) is 0.407.